The molecule has 2 aromatic carbocycles. The first-order valence-electron chi connectivity index (χ1n) is 6.41. The molecule has 1 aromatic heterocycles. The van der Waals surface area contributed by atoms with Gasteiger partial charge in [-0.25, -0.2) is 4.98 Å². The van der Waals surface area contributed by atoms with Gasteiger partial charge in [-0.15, -0.1) is 0 Å². The lowest BCUT2D eigenvalue weighted by atomic mass is 9.98. The molecule has 1 atom stereocenters. The summed E-state index contributed by atoms with van der Waals surface area (Å²) in [5.74, 6) is 0.564. The largest absolute Gasteiger partial charge is 1.00 e. The van der Waals surface area contributed by atoms with E-state index in [1.807, 2.05) is 11.3 Å². The molecule has 0 saturated heterocycles. The van der Waals surface area contributed by atoms with E-state index >= 15 is 0 Å². The van der Waals surface area contributed by atoms with Crippen LogP contribution in [0.25, 0.3) is 20.4 Å². The van der Waals surface area contributed by atoms with Gasteiger partial charge in [0.15, 0.2) is 0 Å². The van der Waals surface area contributed by atoms with Crippen molar-refractivity contribution in [2.75, 3.05) is 0 Å². The Bertz CT molecular complexity index is 711. The van der Waals surface area contributed by atoms with Crippen LogP contribution in [-0.4, -0.2) is 4.98 Å². The minimum atomic E-state index is 0. The maximum atomic E-state index is 4.86. The van der Waals surface area contributed by atoms with E-state index in [1.165, 1.54) is 20.5 Å². The number of aromatic nitrogens is 1. The molecule has 0 amide bonds. The molecule has 0 N–H and O–H groups in total. The molecule has 1 heterocycles. The maximum Gasteiger partial charge on any atom is 0.257 e. The van der Waals surface area contributed by atoms with Gasteiger partial charge in [0.25, 0.3) is 9.40 Å². The van der Waals surface area contributed by atoms with Crippen molar-refractivity contribution in [3.8, 4) is 0 Å². The molecule has 3 aromatic rings. The Balaban J connectivity index is 0.00000133. The summed E-state index contributed by atoms with van der Waals surface area (Å²) < 4.78 is 2.54. The van der Waals surface area contributed by atoms with Crippen molar-refractivity contribution in [2.24, 2.45) is 0 Å². The number of para-hydroxylation sites is 2. The predicted octanol–water partition coefficient (Wildman–Crippen LogP) is 2.25. The first-order chi connectivity index (χ1) is 8.79. The van der Waals surface area contributed by atoms with Crippen molar-refractivity contribution in [3.05, 3.63) is 48.0 Å². The van der Waals surface area contributed by atoms with Crippen molar-refractivity contribution >= 4 is 31.8 Å². The number of hydrogen-bond acceptors (Lipinski definition) is 1. The van der Waals surface area contributed by atoms with E-state index in [0.717, 1.165) is 11.9 Å². The van der Waals surface area contributed by atoms with Gasteiger partial charge >= 0.3 is 0 Å². The van der Waals surface area contributed by atoms with Crippen LogP contribution in [0.2, 0.25) is 0 Å². The molecule has 3 rings (SSSR count). The van der Waals surface area contributed by atoms with Gasteiger partial charge in [0.05, 0.1) is 0 Å². The topological polar surface area (TPSA) is 12.9 Å². The number of halogens is 1. The van der Waals surface area contributed by atoms with Crippen LogP contribution in [0.5, 0.6) is 0 Å². The van der Waals surface area contributed by atoms with Crippen molar-refractivity contribution in [3.63, 3.8) is 0 Å². The summed E-state index contributed by atoms with van der Waals surface area (Å²) in [5.41, 5.74) is 3.65. The summed E-state index contributed by atoms with van der Waals surface area (Å²) in [6.07, 6.45) is 1.15. The third-order valence-electron chi connectivity index (χ3n) is 3.49. The Morgan fingerprint density at radius 2 is 1.79 bits per heavy atom. The maximum absolute atomic E-state index is 4.86. The smallest absolute Gasteiger partial charge is 0.257 e. The number of fused-ring (bicyclic) bond motifs is 2. The van der Waals surface area contributed by atoms with Crippen LogP contribution in [0.3, 0.4) is 0 Å². The van der Waals surface area contributed by atoms with Crippen LogP contribution in [0.4, 0.5) is 0 Å². The molecule has 1 nitrogen and oxygen atoms in total. The minimum absolute atomic E-state index is 0. The Hall–Kier alpha value is -0.810. The second-order valence-corrected chi connectivity index (χ2v) is 5.77. The number of nitrogens with zero attached hydrogens (tertiary/aromatic N) is 1. The van der Waals surface area contributed by atoms with Gasteiger partial charge < -0.3 is 24.0 Å². The summed E-state index contributed by atoms with van der Waals surface area (Å²) in [5, 5.41) is 0. The summed E-state index contributed by atoms with van der Waals surface area (Å²) >= 11 is 1.83. The molecule has 0 spiro atoms. The number of benzene rings is 2. The highest BCUT2D eigenvalue weighted by atomic mass is 127. The summed E-state index contributed by atoms with van der Waals surface area (Å²) in [6.45, 7) is 4.50. The third-order valence-corrected chi connectivity index (χ3v) is 4.61. The van der Waals surface area contributed by atoms with Crippen LogP contribution < -0.4 is 24.0 Å². The molecule has 0 bridgehead atoms. The Morgan fingerprint density at radius 3 is 2.58 bits per heavy atom. The highest BCUT2D eigenvalue weighted by Crippen LogP contribution is 2.31. The van der Waals surface area contributed by atoms with Gasteiger partial charge in [0.2, 0.25) is 11.3 Å². The molecule has 0 fully saturated rings. The zero-order valence-electron chi connectivity index (χ0n) is 11.1. The molecule has 19 heavy (non-hydrogen) atoms. The SMILES string of the molecule is CCC(C)c1cccc2[s+]c3ccccc3nc12.[I-]. The second-order valence-electron chi connectivity index (χ2n) is 4.68. The summed E-state index contributed by atoms with van der Waals surface area (Å²) in [6, 6.07) is 14.9. The average molecular weight is 381 g/mol. The van der Waals surface area contributed by atoms with E-state index in [4.69, 9.17) is 4.98 Å². The van der Waals surface area contributed by atoms with E-state index in [2.05, 4.69) is 56.3 Å². The molecule has 98 valence electrons. The molecule has 0 aliphatic rings. The van der Waals surface area contributed by atoms with Gasteiger partial charge in [0, 0.05) is 12.1 Å². The van der Waals surface area contributed by atoms with Crippen LogP contribution >= 0.6 is 11.3 Å². The average Bonchev–Trinajstić information content (AvgIpc) is 2.43. The van der Waals surface area contributed by atoms with Crippen molar-refractivity contribution in [2.45, 2.75) is 26.2 Å². The van der Waals surface area contributed by atoms with Crippen LogP contribution in [-0.2, 0) is 0 Å². The van der Waals surface area contributed by atoms with Crippen LogP contribution in [0.1, 0.15) is 31.7 Å². The molecule has 0 aliphatic carbocycles. The molecule has 0 aliphatic heterocycles. The summed E-state index contributed by atoms with van der Waals surface area (Å²) in [7, 11) is 0. The first-order valence-corrected chi connectivity index (χ1v) is 7.22. The predicted molar refractivity (Wildman–Crippen MR) is 80.2 cm³/mol. The Kier molecular flexibility index (Phi) is 4.68. The monoisotopic (exact) mass is 381 g/mol. The number of hydrogen-bond donors (Lipinski definition) is 0. The van der Waals surface area contributed by atoms with E-state index in [0.29, 0.717) is 5.92 Å². The fourth-order valence-corrected chi connectivity index (χ4v) is 3.24. The van der Waals surface area contributed by atoms with Crippen molar-refractivity contribution in [1.29, 1.82) is 0 Å². The minimum Gasteiger partial charge on any atom is -1.00 e. The van der Waals surface area contributed by atoms with Crippen LogP contribution in [0, 0.1) is 0 Å². The standard InChI is InChI=1S/C16H16NS.HI/c1-3-11(2)12-7-6-10-15-16(12)17-13-8-4-5-9-14(13)18-15;/h4-11H,3H2,1-2H3;1H/q+1;/p-1. The molecule has 1 unspecified atom stereocenters. The fourth-order valence-electron chi connectivity index (χ4n) is 2.23. The van der Waals surface area contributed by atoms with Gasteiger partial charge in [-0.1, -0.05) is 38.1 Å². The lowest BCUT2D eigenvalue weighted by Gasteiger charge is -2.09. The second kappa shape index (κ2) is 6.09. The molecule has 0 saturated carbocycles. The molecule has 0 radical (unpaired) electrons. The van der Waals surface area contributed by atoms with Gasteiger partial charge in [-0.05, 0) is 24.0 Å². The molecule has 3 heteroatoms. The van der Waals surface area contributed by atoms with E-state index in [9.17, 15) is 0 Å². The van der Waals surface area contributed by atoms with E-state index in [-0.39, 0.29) is 24.0 Å². The molecular weight excluding hydrogens is 365 g/mol. The Morgan fingerprint density at radius 1 is 1.05 bits per heavy atom. The van der Waals surface area contributed by atoms with Gasteiger partial charge in [0.1, 0.15) is 11.0 Å². The quantitative estimate of drug-likeness (QED) is 0.377. The van der Waals surface area contributed by atoms with Gasteiger partial charge in [-0.3, -0.25) is 0 Å². The van der Waals surface area contributed by atoms with Gasteiger partial charge in [-0.2, -0.15) is 0 Å². The highest BCUT2D eigenvalue weighted by Gasteiger charge is 2.16. The normalized spacial score (nSPS) is 12.3. The Labute approximate surface area is 134 Å². The zero-order chi connectivity index (χ0) is 12.5. The molecular formula is C16H16INS. The van der Waals surface area contributed by atoms with Crippen molar-refractivity contribution in [1.82, 2.24) is 4.98 Å². The first kappa shape index (κ1) is 14.6. The fraction of sp³-hybridized carbons (Fsp3) is 0.250. The van der Waals surface area contributed by atoms with Crippen LogP contribution in [0.15, 0.2) is 42.5 Å². The number of rotatable bonds is 2. The van der Waals surface area contributed by atoms with E-state index < -0.39 is 0 Å². The lowest BCUT2D eigenvalue weighted by Crippen LogP contribution is -3.00. The van der Waals surface area contributed by atoms with Crippen molar-refractivity contribution < 1.29 is 24.0 Å². The lowest BCUT2D eigenvalue weighted by molar-refractivity contribution is -0.00000361. The third kappa shape index (κ3) is 2.72. The highest BCUT2D eigenvalue weighted by molar-refractivity contribution is 7.24. The van der Waals surface area contributed by atoms with E-state index in [1.54, 1.807) is 0 Å². The zero-order valence-corrected chi connectivity index (χ0v) is 14.0. The summed E-state index contributed by atoms with van der Waals surface area (Å²) in [4.78, 5) is 4.86.